The maximum absolute atomic E-state index is 11.5. The number of carbonyl (C=O) groups is 2. The van der Waals surface area contributed by atoms with Gasteiger partial charge in [-0.05, 0) is 0 Å². The van der Waals surface area contributed by atoms with E-state index in [-0.39, 0.29) is 12.3 Å². The zero-order valence-electron chi connectivity index (χ0n) is 10.5. The Labute approximate surface area is 110 Å². The molecule has 0 fully saturated rings. The Kier molecular flexibility index (Phi) is 5.04. The van der Waals surface area contributed by atoms with Crippen LogP contribution in [0.5, 0.6) is 0 Å². The van der Waals surface area contributed by atoms with Crippen molar-refractivity contribution in [2.45, 2.75) is 13.8 Å². The summed E-state index contributed by atoms with van der Waals surface area (Å²) in [6.07, 6.45) is 1.30. The zero-order valence-corrected chi connectivity index (χ0v) is 11.4. The monoisotopic (exact) mass is 289 g/mol. The normalized spacial score (nSPS) is 11.3. The van der Waals surface area contributed by atoms with Crippen LogP contribution in [-0.4, -0.2) is 37.7 Å². The minimum absolute atomic E-state index is 0.0105. The van der Waals surface area contributed by atoms with E-state index >= 15 is 0 Å². The van der Waals surface area contributed by atoms with Gasteiger partial charge in [-0.15, -0.1) is 0 Å². The van der Waals surface area contributed by atoms with Crippen molar-refractivity contribution in [2.75, 3.05) is 12.3 Å². The third-order valence-corrected chi connectivity index (χ3v) is 3.35. The number of hydrogen-bond donors (Lipinski definition) is 2. The second kappa shape index (κ2) is 6.32. The second-order valence-electron chi connectivity index (χ2n) is 4.07. The lowest BCUT2D eigenvalue weighted by molar-refractivity contribution is -0.122. The maximum atomic E-state index is 11.5. The van der Waals surface area contributed by atoms with Crippen molar-refractivity contribution in [3.05, 3.63) is 18.0 Å². The van der Waals surface area contributed by atoms with Gasteiger partial charge in [0.15, 0.2) is 0 Å². The fourth-order valence-corrected chi connectivity index (χ4v) is 2.06. The van der Waals surface area contributed by atoms with E-state index in [2.05, 4.69) is 15.0 Å². The summed E-state index contributed by atoms with van der Waals surface area (Å²) in [4.78, 5) is 22.6. The van der Waals surface area contributed by atoms with Gasteiger partial charge in [0.05, 0.1) is 11.9 Å². The minimum Gasteiger partial charge on any atom is -0.351 e. The molecule has 0 aliphatic carbocycles. The Morgan fingerprint density at radius 3 is 2.63 bits per heavy atom. The van der Waals surface area contributed by atoms with Crippen LogP contribution >= 0.6 is 0 Å². The van der Waals surface area contributed by atoms with Crippen molar-refractivity contribution in [1.82, 2.24) is 15.2 Å². The number of hydrogen-bond acceptors (Lipinski definition) is 6. The van der Waals surface area contributed by atoms with Crippen molar-refractivity contribution in [2.24, 2.45) is 5.92 Å². The molecule has 0 aliphatic rings. The molecule has 8 nitrogen and oxygen atoms in total. The summed E-state index contributed by atoms with van der Waals surface area (Å²) in [6.45, 7) is 3.02. The molecule has 2 N–H and O–H groups in total. The first kappa shape index (κ1) is 15.2. The number of aromatic nitrogens is 1. The Morgan fingerprint density at radius 2 is 2.11 bits per heavy atom. The Hall–Kier alpha value is -1.90. The van der Waals surface area contributed by atoms with Gasteiger partial charge in [-0.2, -0.15) is 0 Å². The molecule has 19 heavy (non-hydrogen) atoms. The highest BCUT2D eigenvalue weighted by molar-refractivity contribution is 7.90. The molecule has 0 aliphatic heterocycles. The summed E-state index contributed by atoms with van der Waals surface area (Å²) in [5.74, 6) is -1.99. The van der Waals surface area contributed by atoms with E-state index < -0.39 is 33.5 Å². The van der Waals surface area contributed by atoms with Gasteiger partial charge in [0, 0.05) is 18.5 Å². The lowest BCUT2D eigenvalue weighted by atomic mass is 10.2. The predicted octanol–water partition coefficient (Wildman–Crippen LogP) is -0.494. The van der Waals surface area contributed by atoms with Gasteiger partial charge in [0.1, 0.15) is 0 Å². The third kappa shape index (κ3) is 5.08. The predicted molar refractivity (Wildman–Crippen MR) is 65.6 cm³/mol. The molecule has 1 aromatic heterocycles. The summed E-state index contributed by atoms with van der Waals surface area (Å²) in [7, 11) is -3.75. The molecule has 1 rings (SSSR count). The average molecular weight is 289 g/mol. The summed E-state index contributed by atoms with van der Waals surface area (Å²) >= 11 is 0. The minimum atomic E-state index is -3.75. The number of nitrogens with zero attached hydrogens (tertiary/aromatic N) is 1. The van der Waals surface area contributed by atoms with Crippen LogP contribution in [0.25, 0.3) is 0 Å². The maximum Gasteiger partial charge on any atom is 0.289 e. The third-order valence-electron chi connectivity index (χ3n) is 2.10. The van der Waals surface area contributed by atoms with Crippen LogP contribution in [0.2, 0.25) is 0 Å². The van der Waals surface area contributed by atoms with Crippen LogP contribution < -0.4 is 10.0 Å². The van der Waals surface area contributed by atoms with Crippen molar-refractivity contribution in [3.63, 3.8) is 0 Å². The van der Waals surface area contributed by atoms with E-state index in [9.17, 15) is 18.0 Å². The van der Waals surface area contributed by atoms with Gasteiger partial charge in [0.25, 0.3) is 5.91 Å². The highest BCUT2D eigenvalue weighted by Crippen LogP contribution is 1.96. The number of carbonyl (C=O) groups excluding carboxylic acids is 2. The standard InChI is InChI=1S/C10H15N3O5S/c1-7(2)9(14)13-19(16,17)6-5-11-10(15)8-3-4-12-18-8/h3-4,7H,5-6H2,1-2H3,(H,11,15)(H,13,14). The number of amides is 2. The molecule has 0 bridgehead atoms. The topological polar surface area (TPSA) is 118 Å². The molecule has 9 heteroatoms. The van der Waals surface area contributed by atoms with E-state index in [0.29, 0.717) is 0 Å². The van der Waals surface area contributed by atoms with Gasteiger partial charge in [-0.1, -0.05) is 19.0 Å². The molecule has 0 aromatic carbocycles. The van der Waals surface area contributed by atoms with Gasteiger partial charge in [-0.25, -0.2) is 8.42 Å². The molecule has 0 saturated carbocycles. The first-order valence-corrected chi connectivity index (χ1v) is 7.20. The summed E-state index contributed by atoms with van der Waals surface area (Å²) in [5.41, 5.74) is 0. The molecule has 106 valence electrons. The lowest BCUT2D eigenvalue weighted by Gasteiger charge is -2.08. The fourth-order valence-electron chi connectivity index (χ4n) is 1.04. The van der Waals surface area contributed by atoms with Crippen LogP contribution in [0, 0.1) is 5.92 Å². The number of nitrogens with one attached hydrogen (secondary N) is 2. The van der Waals surface area contributed by atoms with Crippen LogP contribution in [0.15, 0.2) is 16.8 Å². The Bertz CT molecular complexity index is 536. The molecule has 0 spiro atoms. The van der Waals surface area contributed by atoms with E-state index in [0.717, 1.165) is 0 Å². The van der Waals surface area contributed by atoms with Crippen LogP contribution in [-0.2, 0) is 14.8 Å². The van der Waals surface area contributed by atoms with E-state index in [1.54, 1.807) is 13.8 Å². The number of sulfonamides is 1. The molecule has 0 radical (unpaired) electrons. The van der Waals surface area contributed by atoms with Gasteiger partial charge in [-0.3, -0.25) is 14.3 Å². The largest absolute Gasteiger partial charge is 0.351 e. The molecule has 0 atom stereocenters. The Balaban J connectivity index is 2.40. The molecule has 1 aromatic rings. The molecular weight excluding hydrogens is 274 g/mol. The second-order valence-corrected chi connectivity index (χ2v) is 5.91. The van der Waals surface area contributed by atoms with Crippen LogP contribution in [0.4, 0.5) is 0 Å². The summed E-state index contributed by atoms with van der Waals surface area (Å²) in [6, 6.07) is 1.35. The van der Waals surface area contributed by atoms with Gasteiger partial charge in [0.2, 0.25) is 21.7 Å². The highest BCUT2D eigenvalue weighted by Gasteiger charge is 2.17. The molecule has 0 unspecified atom stereocenters. The summed E-state index contributed by atoms with van der Waals surface area (Å²) in [5, 5.41) is 5.69. The van der Waals surface area contributed by atoms with Crippen LogP contribution in [0.3, 0.4) is 0 Å². The van der Waals surface area contributed by atoms with Crippen LogP contribution in [0.1, 0.15) is 24.4 Å². The fraction of sp³-hybridized carbons (Fsp3) is 0.500. The van der Waals surface area contributed by atoms with Crippen molar-refractivity contribution in [3.8, 4) is 0 Å². The quantitative estimate of drug-likeness (QED) is 0.729. The van der Waals surface area contributed by atoms with E-state index in [4.69, 9.17) is 0 Å². The Morgan fingerprint density at radius 1 is 1.42 bits per heavy atom. The smallest absolute Gasteiger partial charge is 0.289 e. The SMILES string of the molecule is CC(C)C(=O)NS(=O)(=O)CCNC(=O)c1ccno1. The van der Waals surface area contributed by atoms with Crippen molar-refractivity contribution < 1.29 is 22.5 Å². The number of rotatable bonds is 6. The zero-order chi connectivity index (χ0) is 14.5. The molecule has 1 heterocycles. The first-order chi connectivity index (χ1) is 8.82. The van der Waals surface area contributed by atoms with Gasteiger partial charge < -0.3 is 9.84 Å². The summed E-state index contributed by atoms with van der Waals surface area (Å²) < 4.78 is 29.5. The highest BCUT2D eigenvalue weighted by atomic mass is 32.2. The van der Waals surface area contributed by atoms with Crippen molar-refractivity contribution >= 4 is 21.8 Å². The lowest BCUT2D eigenvalue weighted by Crippen LogP contribution is -2.39. The van der Waals surface area contributed by atoms with Crippen molar-refractivity contribution in [1.29, 1.82) is 0 Å². The first-order valence-electron chi connectivity index (χ1n) is 5.55. The molecule has 0 saturated heterocycles. The molecular formula is C10H15N3O5S. The average Bonchev–Trinajstić information content (AvgIpc) is 2.81. The van der Waals surface area contributed by atoms with Gasteiger partial charge >= 0.3 is 0 Å². The van der Waals surface area contributed by atoms with E-state index in [1.165, 1.54) is 12.3 Å². The van der Waals surface area contributed by atoms with E-state index in [1.807, 2.05) is 4.72 Å². The molecule has 2 amide bonds.